The molecule has 6 nitrogen and oxygen atoms in total. The molecule has 3 heterocycles. The Morgan fingerprint density at radius 2 is 2.15 bits per heavy atom. The van der Waals surface area contributed by atoms with Crippen LogP contribution in [0.4, 0.5) is 0 Å². The minimum absolute atomic E-state index is 0.131. The van der Waals surface area contributed by atoms with Crippen LogP contribution < -0.4 is 0 Å². The molecule has 142 valence electrons. The molecule has 0 aromatic carbocycles. The predicted octanol–water partition coefficient (Wildman–Crippen LogP) is 4.29. The number of carbonyl (C=O) groups is 1. The first-order valence-electron chi connectivity index (χ1n) is 9.26. The molecule has 0 aliphatic heterocycles. The lowest BCUT2D eigenvalue weighted by Gasteiger charge is -2.10. The van der Waals surface area contributed by atoms with Crippen molar-refractivity contribution in [3.63, 3.8) is 0 Å². The van der Waals surface area contributed by atoms with Crippen molar-refractivity contribution in [2.75, 3.05) is 5.75 Å². The number of thiophene rings is 1. The number of tetrazole rings is 1. The fourth-order valence-corrected chi connectivity index (χ4v) is 5.27. The van der Waals surface area contributed by atoms with E-state index in [1.165, 1.54) is 29.5 Å². The molecule has 8 heteroatoms. The van der Waals surface area contributed by atoms with Crippen LogP contribution in [-0.2, 0) is 6.54 Å². The molecule has 0 atom stereocenters. The summed E-state index contributed by atoms with van der Waals surface area (Å²) in [6.07, 6.45) is 4.69. The van der Waals surface area contributed by atoms with E-state index in [-0.39, 0.29) is 5.78 Å². The van der Waals surface area contributed by atoms with E-state index in [0.29, 0.717) is 11.8 Å². The fraction of sp³-hybridized carbons (Fsp3) is 0.474. The summed E-state index contributed by atoms with van der Waals surface area (Å²) in [6, 6.07) is 6.58. The maximum Gasteiger partial charge on any atom is 0.210 e. The number of carbonyl (C=O) groups excluding carboxylic acids is 1. The number of rotatable bonds is 7. The summed E-state index contributed by atoms with van der Waals surface area (Å²) in [5.74, 6) is 0.489. The first kappa shape index (κ1) is 18.4. The van der Waals surface area contributed by atoms with Gasteiger partial charge in [0.25, 0.3) is 0 Å². The Morgan fingerprint density at radius 3 is 2.89 bits per heavy atom. The molecule has 1 aliphatic carbocycles. The van der Waals surface area contributed by atoms with Gasteiger partial charge in [-0.1, -0.05) is 30.7 Å². The molecule has 0 N–H and O–H groups in total. The fourth-order valence-electron chi connectivity index (χ4n) is 3.75. The summed E-state index contributed by atoms with van der Waals surface area (Å²) < 4.78 is 4.12. The zero-order chi connectivity index (χ0) is 18.8. The first-order chi connectivity index (χ1) is 13.1. The second-order valence-corrected chi connectivity index (χ2v) is 8.98. The van der Waals surface area contributed by atoms with E-state index in [1.54, 1.807) is 11.3 Å². The minimum Gasteiger partial charge on any atom is -0.343 e. The molecule has 3 aromatic heterocycles. The van der Waals surface area contributed by atoms with Gasteiger partial charge in [0, 0.05) is 21.8 Å². The van der Waals surface area contributed by atoms with Crippen molar-refractivity contribution in [1.29, 1.82) is 0 Å². The van der Waals surface area contributed by atoms with E-state index in [1.807, 2.05) is 17.7 Å². The zero-order valence-corrected chi connectivity index (χ0v) is 17.2. The van der Waals surface area contributed by atoms with E-state index >= 15 is 0 Å². The number of aryl methyl sites for hydroxylation is 1. The highest BCUT2D eigenvalue weighted by Gasteiger charge is 2.23. The largest absolute Gasteiger partial charge is 0.343 e. The average Bonchev–Trinajstić information content (AvgIpc) is 3.43. The topological polar surface area (TPSA) is 65.6 Å². The lowest BCUT2D eigenvalue weighted by atomic mass is 10.2. The quantitative estimate of drug-likeness (QED) is 0.436. The SMILES string of the molecule is Cc1cc(C(=O)CSc2nnnn2C2CCCC2)c(C)n1Cc1cccs1. The van der Waals surface area contributed by atoms with Gasteiger partial charge in [0.2, 0.25) is 5.16 Å². The number of nitrogens with zero attached hydrogens (tertiary/aromatic N) is 5. The molecule has 0 amide bonds. The minimum atomic E-state index is 0.131. The van der Waals surface area contributed by atoms with Gasteiger partial charge in [0.15, 0.2) is 5.78 Å². The van der Waals surface area contributed by atoms with Crippen molar-refractivity contribution in [2.45, 2.75) is 57.3 Å². The van der Waals surface area contributed by atoms with Gasteiger partial charge in [-0.2, -0.15) is 0 Å². The van der Waals surface area contributed by atoms with Crippen LogP contribution in [0.5, 0.6) is 0 Å². The van der Waals surface area contributed by atoms with Crippen LogP contribution in [-0.4, -0.2) is 36.3 Å². The maximum atomic E-state index is 12.9. The Morgan fingerprint density at radius 1 is 1.33 bits per heavy atom. The van der Waals surface area contributed by atoms with Gasteiger partial charge in [0.05, 0.1) is 18.3 Å². The van der Waals surface area contributed by atoms with Crippen LogP contribution >= 0.6 is 23.1 Å². The van der Waals surface area contributed by atoms with Crippen LogP contribution in [0.3, 0.4) is 0 Å². The number of Topliss-reactive ketones (excluding diaryl/α,β-unsaturated/α-hetero) is 1. The van der Waals surface area contributed by atoms with Crippen LogP contribution in [0.1, 0.15) is 58.3 Å². The number of hydrogen-bond acceptors (Lipinski definition) is 6. The second-order valence-electron chi connectivity index (χ2n) is 7.01. The number of thioether (sulfide) groups is 1. The monoisotopic (exact) mass is 401 g/mol. The summed E-state index contributed by atoms with van der Waals surface area (Å²) in [5, 5.41) is 14.9. The third-order valence-electron chi connectivity index (χ3n) is 5.23. The Labute approximate surface area is 167 Å². The van der Waals surface area contributed by atoms with Crippen molar-refractivity contribution in [3.8, 4) is 0 Å². The summed E-state index contributed by atoms with van der Waals surface area (Å²) in [6.45, 7) is 4.90. The highest BCUT2D eigenvalue weighted by molar-refractivity contribution is 7.99. The number of hydrogen-bond donors (Lipinski definition) is 0. The Kier molecular flexibility index (Phi) is 5.45. The van der Waals surface area contributed by atoms with Crippen molar-refractivity contribution < 1.29 is 4.79 Å². The van der Waals surface area contributed by atoms with Crippen LogP contribution in [0, 0.1) is 13.8 Å². The highest BCUT2D eigenvalue weighted by Crippen LogP contribution is 2.31. The zero-order valence-electron chi connectivity index (χ0n) is 15.6. The Hall–Kier alpha value is -1.93. The van der Waals surface area contributed by atoms with Gasteiger partial charge in [-0.25, -0.2) is 4.68 Å². The van der Waals surface area contributed by atoms with Crippen LogP contribution in [0.2, 0.25) is 0 Å². The molecule has 0 bridgehead atoms. The second kappa shape index (κ2) is 7.98. The molecule has 0 saturated heterocycles. The molecule has 4 rings (SSSR count). The first-order valence-corrected chi connectivity index (χ1v) is 11.1. The van der Waals surface area contributed by atoms with Crippen molar-refractivity contribution in [2.24, 2.45) is 0 Å². The van der Waals surface area contributed by atoms with E-state index in [9.17, 15) is 4.79 Å². The molecule has 27 heavy (non-hydrogen) atoms. The van der Waals surface area contributed by atoms with Gasteiger partial charge < -0.3 is 4.57 Å². The molecule has 0 unspecified atom stereocenters. The summed E-state index contributed by atoms with van der Waals surface area (Å²) in [4.78, 5) is 14.1. The standard InChI is InChI=1S/C19H23N5OS2/c1-13-10-17(14(2)23(13)11-16-8-5-9-26-16)18(25)12-27-19-20-21-22-24(19)15-6-3-4-7-15/h5,8-10,15H,3-4,6-7,11-12H2,1-2H3. The van der Waals surface area contributed by atoms with Gasteiger partial charge in [-0.05, 0) is 54.6 Å². The smallest absolute Gasteiger partial charge is 0.210 e. The number of aromatic nitrogens is 5. The van der Waals surface area contributed by atoms with E-state index < -0.39 is 0 Å². The summed E-state index contributed by atoms with van der Waals surface area (Å²) in [7, 11) is 0. The molecular weight excluding hydrogens is 378 g/mol. The lowest BCUT2D eigenvalue weighted by molar-refractivity contribution is 0.102. The van der Waals surface area contributed by atoms with E-state index in [0.717, 1.165) is 41.5 Å². The molecule has 1 aliphatic rings. The van der Waals surface area contributed by atoms with E-state index in [2.05, 4.69) is 44.5 Å². The molecular formula is C19H23N5OS2. The van der Waals surface area contributed by atoms with Gasteiger partial charge in [0.1, 0.15) is 0 Å². The van der Waals surface area contributed by atoms with Gasteiger partial charge in [-0.3, -0.25) is 4.79 Å². The molecule has 0 radical (unpaired) electrons. The summed E-state index contributed by atoms with van der Waals surface area (Å²) in [5.41, 5.74) is 2.95. The summed E-state index contributed by atoms with van der Waals surface area (Å²) >= 11 is 3.18. The van der Waals surface area contributed by atoms with Gasteiger partial charge >= 0.3 is 0 Å². The third-order valence-corrected chi connectivity index (χ3v) is 7.03. The molecule has 0 spiro atoms. The van der Waals surface area contributed by atoms with Crippen molar-refractivity contribution in [1.82, 2.24) is 24.8 Å². The van der Waals surface area contributed by atoms with Crippen molar-refractivity contribution in [3.05, 3.63) is 45.4 Å². The number of ketones is 1. The van der Waals surface area contributed by atoms with E-state index in [4.69, 9.17) is 0 Å². The van der Waals surface area contributed by atoms with Crippen molar-refractivity contribution >= 4 is 28.9 Å². The molecule has 1 fully saturated rings. The molecule has 3 aromatic rings. The van der Waals surface area contributed by atoms with Crippen LogP contribution in [0.25, 0.3) is 0 Å². The highest BCUT2D eigenvalue weighted by atomic mass is 32.2. The predicted molar refractivity (Wildman–Crippen MR) is 108 cm³/mol. The average molecular weight is 402 g/mol. The van der Waals surface area contributed by atoms with Crippen LogP contribution in [0.15, 0.2) is 28.7 Å². The Balaban J connectivity index is 1.45. The third kappa shape index (κ3) is 3.87. The van der Waals surface area contributed by atoms with Gasteiger partial charge in [-0.15, -0.1) is 16.4 Å². The Bertz CT molecular complexity index is 922. The molecule has 1 saturated carbocycles. The maximum absolute atomic E-state index is 12.9. The normalized spacial score (nSPS) is 14.9. The lowest BCUT2D eigenvalue weighted by Crippen LogP contribution is -2.10.